The highest BCUT2D eigenvalue weighted by molar-refractivity contribution is 5.97. The van der Waals surface area contributed by atoms with Crippen LogP contribution in [0.4, 0.5) is 0 Å². The normalized spacial score (nSPS) is 24.4. The Morgan fingerprint density at radius 2 is 2.25 bits per heavy atom. The zero-order valence-electron chi connectivity index (χ0n) is 11.9. The van der Waals surface area contributed by atoms with Crippen LogP contribution in [0.25, 0.3) is 0 Å². The molecule has 2 aliphatic rings. The molecular weight excluding hydrogens is 256 g/mol. The molecule has 0 spiro atoms. The van der Waals surface area contributed by atoms with Gasteiger partial charge in [0.1, 0.15) is 5.56 Å². The Morgan fingerprint density at radius 1 is 1.50 bits per heavy atom. The predicted octanol–water partition coefficient (Wildman–Crippen LogP) is 1.73. The lowest BCUT2D eigenvalue weighted by Crippen LogP contribution is -2.65. The first kappa shape index (κ1) is 13.4. The largest absolute Gasteiger partial charge is 0.477 e. The minimum Gasteiger partial charge on any atom is -0.477 e. The Bertz CT molecular complexity index is 490. The van der Waals surface area contributed by atoms with Gasteiger partial charge in [-0.25, -0.2) is 4.98 Å². The van der Waals surface area contributed by atoms with Gasteiger partial charge in [0, 0.05) is 6.20 Å². The summed E-state index contributed by atoms with van der Waals surface area (Å²) in [6, 6.07) is 4.01. The summed E-state index contributed by atoms with van der Waals surface area (Å²) in [4.78, 5) is 18.8. The number of hydrogen-bond donors (Lipinski definition) is 0. The number of carbonyl (C=O) groups is 1. The van der Waals surface area contributed by atoms with Crippen LogP contribution in [0.2, 0.25) is 0 Å². The van der Waals surface area contributed by atoms with E-state index in [9.17, 15) is 4.79 Å². The summed E-state index contributed by atoms with van der Waals surface area (Å²) in [5, 5.41) is 0. The molecule has 5 nitrogen and oxygen atoms in total. The highest BCUT2D eigenvalue weighted by Gasteiger charge is 2.46. The van der Waals surface area contributed by atoms with Gasteiger partial charge in [-0.1, -0.05) is 13.8 Å². The van der Waals surface area contributed by atoms with Gasteiger partial charge < -0.3 is 14.4 Å². The van der Waals surface area contributed by atoms with Crippen LogP contribution in [0.15, 0.2) is 18.3 Å². The number of pyridine rings is 1. The van der Waals surface area contributed by atoms with Gasteiger partial charge in [-0.3, -0.25) is 4.79 Å². The Labute approximate surface area is 118 Å². The van der Waals surface area contributed by atoms with Crippen LogP contribution in [0, 0.1) is 5.92 Å². The summed E-state index contributed by atoms with van der Waals surface area (Å²) in [6.45, 7) is 5.99. The van der Waals surface area contributed by atoms with Gasteiger partial charge in [0.15, 0.2) is 0 Å². The molecule has 0 saturated carbocycles. The molecule has 2 bridgehead atoms. The SMILES string of the molecule is CC(C)COc1ncccc1C(=O)N1C2COCC1C2. The van der Waals surface area contributed by atoms with E-state index in [-0.39, 0.29) is 18.0 Å². The summed E-state index contributed by atoms with van der Waals surface area (Å²) in [5.41, 5.74) is 0.560. The van der Waals surface area contributed by atoms with Gasteiger partial charge in [0.2, 0.25) is 5.88 Å². The monoisotopic (exact) mass is 276 g/mol. The molecule has 2 saturated heterocycles. The number of aromatic nitrogens is 1. The fourth-order valence-electron chi connectivity index (χ4n) is 2.72. The van der Waals surface area contributed by atoms with Crippen LogP contribution in [0.3, 0.4) is 0 Å². The van der Waals surface area contributed by atoms with Crippen LogP contribution in [0.1, 0.15) is 30.6 Å². The average Bonchev–Trinajstić information content (AvgIpc) is 2.46. The van der Waals surface area contributed by atoms with Crippen molar-refractivity contribution in [1.29, 1.82) is 0 Å². The van der Waals surface area contributed by atoms with Crippen molar-refractivity contribution in [1.82, 2.24) is 9.88 Å². The second-order valence-electron chi connectivity index (χ2n) is 5.85. The third-order valence-electron chi connectivity index (χ3n) is 3.74. The third-order valence-corrected chi connectivity index (χ3v) is 3.74. The lowest BCUT2D eigenvalue weighted by Gasteiger charge is -2.52. The molecule has 0 aliphatic carbocycles. The maximum atomic E-state index is 12.7. The second kappa shape index (κ2) is 5.40. The molecule has 3 rings (SSSR count). The van der Waals surface area contributed by atoms with Crippen LogP contribution in [0.5, 0.6) is 5.88 Å². The van der Waals surface area contributed by atoms with Gasteiger partial charge in [-0.2, -0.15) is 0 Å². The molecule has 3 heterocycles. The summed E-state index contributed by atoms with van der Waals surface area (Å²) in [6.07, 6.45) is 2.71. The highest BCUT2D eigenvalue weighted by Crippen LogP contribution is 2.33. The minimum absolute atomic E-state index is 0.0152. The number of carbonyl (C=O) groups excluding carboxylic acids is 1. The Kier molecular flexibility index (Phi) is 3.61. The van der Waals surface area contributed by atoms with Crippen molar-refractivity contribution < 1.29 is 14.3 Å². The second-order valence-corrected chi connectivity index (χ2v) is 5.85. The summed E-state index contributed by atoms with van der Waals surface area (Å²) in [7, 11) is 0. The van der Waals surface area contributed by atoms with Crippen molar-refractivity contribution in [3.8, 4) is 5.88 Å². The lowest BCUT2D eigenvalue weighted by atomic mass is 9.90. The van der Waals surface area contributed by atoms with Crippen molar-refractivity contribution in [3.63, 3.8) is 0 Å². The molecule has 0 aromatic carbocycles. The molecule has 2 unspecified atom stereocenters. The minimum atomic E-state index is 0.0152. The van der Waals surface area contributed by atoms with Gasteiger partial charge in [-0.15, -0.1) is 0 Å². The summed E-state index contributed by atoms with van der Waals surface area (Å²) < 4.78 is 11.1. The van der Waals surface area contributed by atoms with Crippen molar-refractivity contribution in [3.05, 3.63) is 23.9 Å². The summed E-state index contributed by atoms with van der Waals surface area (Å²) in [5.74, 6) is 0.857. The van der Waals surface area contributed by atoms with Gasteiger partial charge in [0.05, 0.1) is 31.9 Å². The smallest absolute Gasteiger partial charge is 0.260 e. The fraction of sp³-hybridized carbons (Fsp3) is 0.600. The van der Waals surface area contributed by atoms with Gasteiger partial charge in [-0.05, 0) is 24.5 Å². The number of fused-ring (bicyclic) bond motifs is 2. The van der Waals surface area contributed by atoms with E-state index in [1.54, 1.807) is 18.3 Å². The molecule has 5 heteroatoms. The number of morpholine rings is 1. The zero-order chi connectivity index (χ0) is 14.1. The molecule has 1 aromatic heterocycles. The molecule has 1 aromatic rings. The van der Waals surface area contributed by atoms with E-state index in [0.717, 1.165) is 6.42 Å². The van der Waals surface area contributed by atoms with E-state index in [0.29, 0.717) is 37.2 Å². The maximum Gasteiger partial charge on any atom is 0.260 e. The first-order valence-corrected chi connectivity index (χ1v) is 7.15. The molecule has 1 amide bonds. The van der Waals surface area contributed by atoms with Crippen molar-refractivity contribution in [2.24, 2.45) is 5.92 Å². The number of hydrogen-bond acceptors (Lipinski definition) is 4. The van der Waals surface area contributed by atoms with Gasteiger partial charge >= 0.3 is 0 Å². The zero-order valence-corrected chi connectivity index (χ0v) is 11.9. The summed E-state index contributed by atoms with van der Waals surface area (Å²) >= 11 is 0. The Hall–Kier alpha value is -1.62. The van der Waals surface area contributed by atoms with Crippen LogP contribution in [-0.2, 0) is 4.74 Å². The van der Waals surface area contributed by atoms with Crippen LogP contribution in [-0.4, -0.2) is 47.7 Å². The number of nitrogens with zero attached hydrogens (tertiary/aromatic N) is 2. The average molecular weight is 276 g/mol. The number of amides is 1. The Balaban J connectivity index is 1.77. The topological polar surface area (TPSA) is 51.7 Å². The van der Waals surface area contributed by atoms with E-state index in [1.807, 2.05) is 4.90 Å². The van der Waals surface area contributed by atoms with E-state index in [1.165, 1.54) is 0 Å². The molecule has 2 aliphatic heterocycles. The molecular formula is C15H20N2O3. The standard InChI is InChI=1S/C15H20N2O3/c1-10(2)7-20-14-13(4-3-5-16-14)15(18)17-11-6-12(17)9-19-8-11/h3-5,10-12H,6-9H2,1-2H3. The van der Waals surface area contributed by atoms with E-state index in [2.05, 4.69) is 18.8 Å². The van der Waals surface area contributed by atoms with E-state index >= 15 is 0 Å². The van der Waals surface area contributed by atoms with E-state index < -0.39 is 0 Å². The molecule has 2 fully saturated rings. The van der Waals surface area contributed by atoms with Crippen molar-refractivity contribution >= 4 is 5.91 Å². The van der Waals surface area contributed by atoms with Gasteiger partial charge in [0.25, 0.3) is 5.91 Å². The van der Waals surface area contributed by atoms with Crippen molar-refractivity contribution in [2.75, 3.05) is 19.8 Å². The lowest BCUT2D eigenvalue weighted by molar-refractivity contribution is -0.104. The van der Waals surface area contributed by atoms with Crippen LogP contribution < -0.4 is 4.74 Å². The Morgan fingerprint density at radius 3 is 2.90 bits per heavy atom. The highest BCUT2D eigenvalue weighted by atomic mass is 16.5. The quantitative estimate of drug-likeness (QED) is 0.840. The third kappa shape index (κ3) is 2.38. The first-order chi connectivity index (χ1) is 9.66. The number of rotatable bonds is 4. The van der Waals surface area contributed by atoms with E-state index in [4.69, 9.17) is 9.47 Å². The van der Waals surface area contributed by atoms with Crippen molar-refractivity contribution in [2.45, 2.75) is 32.4 Å². The predicted molar refractivity (Wildman–Crippen MR) is 73.8 cm³/mol. The molecule has 0 N–H and O–H groups in total. The molecule has 20 heavy (non-hydrogen) atoms. The van der Waals surface area contributed by atoms with Crippen LogP contribution >= 0.6 is 0 Å². The molecule has 108 valence electrons. The fourth-order valence-corrected chi connectivity index (χ4v) is 2.72. The molecule has 2 atom stereocenters. The maximum absolute atomic E-state index is 12.7. The number of ether oxygens (including phenoxy) is 2. The molecule has 0 radical (unpaired) electrons. The first-order valence-electron chi connectivity index (χ1n) is 7.15.